The predicted octanol–water partition coefficient (Wildman–Crippen LogP) is 7.22. The number of benzene rings is 1. The van der Waals surface area contributed by atoms with Gasteiger partial charge in [0.15, 0.2) is 11.7 Å². The number of nitrogen functional groups attached to an aromatic ring is 2. The van der Waals surface area contributed by atoms with Crippen molar-refractivity contribution < 1.29 is 24.2 Å². The minimum atomic E-state index is -0.988. The molecule has 384 valence electrons. The molecule has 9 N–H and O–H groups in total. The first-order chi connectivity index (χ1) is 34.0. The molecule has 3 aromatic heterocycles. The summed E-state index contributed by atoms with van der Waals surface area (Å²) in [5.74, 6) is -1.90. The van der Waals surface area contributed by atoms with Crippen molar-refractivity contribution >= 4 is 62.6 Å². The number of unbranched alkanes of at least 4 members (excludes halogenated alkanes) is 1. The van der Waals surface area contributed by atoms with E-state index >= 15 is 0 Å². The first kappa shape index (κ1) is 53.4. The molecule has 0 radical (unpaired) electrons. The van der Waals surface area contributed by atoms with Gasteiger partial charge in [-0.1, -0.05) is 58.4 Å². The molecule has 71 heavy (non-hydrogen) atoms. The number of hydrogen-bond donors (Lipinski definition) is 6. The Balaban J connectivity index is 0.849. The van der Waals surface area contributed by atoms with Crippen LogP contribution < -0.4 is 27.4 Å². The molecule has 2 saturated heterocycles. The van der Waals surface area contributed by atoms with E-state index in [0.29, 0.717) is 73.4 Å². The summed E-state index contributed by atoms with van der Waals surface area (Å²) in [6.07, 6.45) is 9.77. The minimum absolute atomic E-state index is 0.0253. The number of carbonyl (C=O) groups is 3. The molecular weight excluding hydrogens is 935 g/mol. The van der Waals surface area contributed by atoms with Crippen LogP contribution in [0.25, 0.3) is 10.4 Å². The Labute approximate surface area is 427 Å². The van der Waals surface area contributed by atoms with E-state index in [-0.39, 0.29) is 35.6 Å². The first-order valence-electron chi connectivity index (χ1n) is 25.5. The van der Waals surface area contributed by atoms with Crippen LogP contribution in [0.1, 0.15) is 120 Å². The van der Waals surface area contributed by atoms with Crippen LogP contribution in [0.4, 0.5) is 16.6 Å². The molecule has 1 aliphatic carbocycles. The number of aliphatic hydroxyl groups is 1. The zero-order valence-corrected chi connectivity index (χ0v) is 44.0. The Morgan fingerprint density at radius 2 is 1.85 bits per heavy atom. The van der Waals surface area contributed by atoms with Crippen LogP contribution in [0.3, 0.4) is 0 Å². The average molecular weight is 1010 g/mol. The van der Waals surface area contributed by atoms with E-state index in [4.69, 9.17) is 32.3 Å². The van der Waals surface area contributed by atoms with Gasteiger partial charge in [0.2, 0.25) is 17.8 Å². The molecule has 6 atom stereocenters. The number of ketones is 1. The molecule has 0 saturated carbocycles. The number of amides is 2. The number of allylic oxidation sites excluding steroid dienone is 1. The van der Waals surface area contributed by atoms with Crippen LogP contribution in [0, 0.1) is 30.1 Å². The second kappa shape index (κ2) is 23.9. The van der Waals surface area contributed by atoms with Crippen LogP contribution in [0.5, 0.6) is 0 Å². The largest absolute Gasteiger partial charge is 0.479 e. The monoisotopic (exact) mass is 1010 g/mol. The standard InChI is InChI=1S/C53H75N11O5S2/c1-7-36(48(66)53(6)20-10-14-42-45(53)46(56)49(57)71-42)27-38(54)39-19-21-58-52(61-39)63-25-12-23-62(30-33(63)4)22-8-9-26-69-43(55)28-41(65)44(32(2)3)51(68)64-24-11-13-40(64)50(67)59-29-35-15-17-37(18-16-35)47-34(5)60-31-70-47/h15-19,21,28,31-33,36,40,44,48,54,66H,7-14,20,22-27,29-30,55-57H2,1-6H3,(H,59,67)/t33-,36?,40-,44+,48?,53-/m0/s1. The number of nitrogens with one attached hydrogen (secondary N) is 2. The summed E-state index contributed by atoms with van der Waals surface area (Å²) < 4.78 is 5.80. The van der Waals surface area contributed by atoms with Gasteiger partial charge in [-0.05, 0) is 119 Å². The third-order valence-electron chi connectivity index (χ3n) is 14.9. The Morgan fingerprint density at radius 3 is 2.56 bits per heavy atom. The van der Waals surface area contributed by atoms with E-state index in [1.165, 1.54) is 22.3 Å². The molecule has 2 fully saturated rings. The highest BCUT2D eigenvalue weighted by Gasteiger charge is 2.45. The van der Waals surface area contributed by atoms with Crippen LogP contribution in [0.2, 0.25) is 0 Å². The Bertz CT molecular complexity index is 2530. The van der Waals surface area contributed by atoms with Crippen molar-refractivity contribution in [3.05, 3.63) is 81.4 Å². The van der Waals surface area contributed by atoms with Gasteiger partial charge in [-0.3, -0.25) is 14.4 Å². The number of hydrogen-bond acceptors (Lipinski definition) is 16. The van der Waals surface area contributed by atoms with Gasteiger partial charge < -0.3 is 52.5 Å². The Hall–Kier alpha value is -5.43. The average Bonchev–Trinajstić information content (AvgIpc) is 4.06. The predicted molar refractivity (Wildman–Crippen MR) is 284 cm³/mol. The summed E-state index contributed by atoms with van der Waals surface area (Å²) in [5.41, 5.74) is 25.8. The number of aliphatic hydroxyl groups excluding tert-OH is 1. The molecule has 2 aliphatic heterocycles. The molecule has 18 heteroatoms. The quantitative estimate of drug-likeness (QED) is 0.0159. The van der Waals surface area contributed by atoms with Crippen molar-refractivity contribution in [2.75, 3.05) is 55.7 Å². The maximum Gasteiger partial charge on any atom is 0.243 e. The van der Waals surface area contributed by atoms with Gasteiger partial charge in [-0.25, -0.2) is 15.0 Å². The summed E-state index contributed by atoms with van der Waals surface area (Å²) in [5, 5.41) is 24.7. The summed E-state index contributed by atoms with van der Waals surface area (Å²) in [6, 6.07) is 9.29. The molecule has 0 spiro atoms. The van der Waals surface area contributed by atoms with E-state index in [2.05, 4.69) is 45.9 Å². The smallest absolute Gasteiger partial charge is 0.243 e. The van der Waals surface area contributed by atoms with E-state index in [1.807, 2.05) is 50.5 Å². The second-order valence-electron chi connectivity index (χ2n) is 20.3. The molecule has 4 aromatic rings. The highest BCUT2D eigenvalue weighted by atomic mass is 32.1. The molecule has 1 aromatic carbocycles. The van der Waals surface area contributed by atoms with Crippen molar-refractivity contribution in [1.82, 2.24) is 30.1 Å². The highest BCUT2D eigenvalue weighted by molar-refractivity contribution is 7.16. The summed E-state index contributed by atoms with van der Waals surface area (Å²) in [4.78, 5) is 63.4. The van der Waals surface area contributed by atoms with Crippen molar-refractivity contribution in [3.63, 3.8) is 0 Å². The number of anilines is 3. The van der Waals surface area contributed by atoms with Gasteiger partial charge in [-0.15, -0.1) is 22.7 Å². The number of rotatable bonds is 21. The fraction of sp³-hybridized carbons (Fsp3) is 0.566. The van der Waals surface area contributed by atoms with Crippen LogP contribution in [-0.2, 0) is 37.5 Å². The van der Waals surface area contributed by atoms with E-state index in [0.717, 1.165) is 92.0 Å². The molecule has 3 aliphatic rings. The second-order valence-corrected chi connectivity index (χ2v) is 22.3. The topological polar surface area (TPSA) is 243 Å². The van der Waals surface area contributed by atoms with Gasteiger partial charge in [0.25, 0.3) is 0 Å². The van der Waals surface area contributed by atoms with Crippen molar-refractivity contribution in [1.29, 1.82) is 5.41 Å². The van der Waals surface area contributed by atoms with Gasteiger partial charge in [0.1, 0.15) is 17.0 Å². The van der Waals surface area contributed by atoms with Crippen LogP contribution >= 0.6 is 22.7 Å². The number of nitrogens with two attached hydrogens (primary N) is 3. The van der Waals surface area contributed by atoms with Crippen LogP contribution in [0.15, 0.2) is 54.0 Å². The van der Waals surface area contributed by atoms with E-state index in [1.54, 1.807) is 28.5 Å². The van der Waals surface area contributed by atoms with Crippen LogP contribution in [-0.4, -0.2) is 111 Å². The maximum atomic E-state index is 13.9. The molecule has 2 amide bonds. The fourth-order valence-electron chi connectivity index (χ4n) is 10.9. The van der Waals surface area contributed by atoms with E-state index < -0.39 is 29.3 Å². The summed E-state index contributed by atoms with van der Waals surface area (Å²) in [7, 11) is 0. The zero-order valence-electron chi connectivity index (χ0n) is 42.4. The van der Waals surface area contributed by atoms with Gasteiger partial charge in [0.05, 0.1) is 45.9 Å². The third-order valence-corrected chi connectivity index (χ3v) is 16.9. The Kier molecular flexibility index (Phi) is 17.9. The van der Waals surface area contributed by atoms with Crippen molar-refractivity contribution in [2.24, 2.45) is 23.5 Å². The number of fused-ring (bicyclic) bond motifs is 1. The van der Waals surface area contributed by atoms with Gasteiger partial charge in [0, 0.05) is 54.8 Å². The molecule has 5 heterocycles. The minimum Gasteiger partial charge on any atom is -0.479 e. The molecule has 0 bridgehead atoms. The third kappa shape index (κ3) is 12.4. The molecular formula is C53H75N11O5S2. The lowest BCUT2D eigenvalue weighted by atomic mass is 9.65. The number of aryl methyl sites for hydroxylation is 2. The Morgan fingerprint density at radius 1 is 1.07 bits per heavy atom. The lowest BCUT2D eigenvalue weighted by Gasteiger charge is -2.42. The summed E-state index contributed by atoms with van der Waals surface area (Å²) in [6.45, 7) is 16.4. The lowest BCUT2D eigenvalue weighted by Crippen LogP contribution is -2.49. The number of nitrogens with zero attached hydrogens (tertiary/aromatic N) is 6. The normalized spacial score (nSPS) is 21.1. The van der Waals surface area contributed by atoms with E-state index in [9.17, 15) is 19.5 Å². The lowest BCUT2D eigenvalue weighted by molar-refractivity contribution is -0.146. The number of ether oxygens (including phenoxy) is 1. The number of thiazole rings is 1. The zero-order chi connectivity index (χ0) is 51.0. The summed E-state index contributed by atoms with van der Waals surface area (Å²) >= 11 is 3.13. The molecule has 7 rings (SSSR count). The number of aromatic nitrogens is 3. The highest BCUT2D eigenvalue weighted by Crippen LogP contribution is 2.50. The van der Waals surface area contributed by atoms with Crippen molar-refractivity contribution in [2.45, 2.75) is 136 Å². The van der Waals surface area contributed by atoms with Gasteiger partial charge >= 0.3 is 0 Å². The molecule has 2 unspecified atom stereocenters. The SMILES string of the molecule is CCC(CC(=N)c1ccnc(N2CCCN(CCCCOC(N)=CC(=O)[C@H](C(=O)N3CCC[C@H]3C(=O)NCc3ccc(-c4scnc4C)cc3)C(C)C)C[C@@H]2C)n1)C(O)[C@@]1(C)CCCc2sc(N)c(N)c21. The number of thiophene rings is 1. The number of likely N-dealkylation sites (tertiary alicyclic amines) is 1. The van der Waals surface area contributed by atoms with Crippen molar-refractivity contribution in [3.8, 4) is 10.4 Å². The molecule has 16 nitrogen and oxygen atoms in total. The first-order valence-corrected chi connectivity index (χ1v) is 27.2. The fourth-order valence-corrected chi connectivity index (χ4v) is 12.9. The van der Waals surface area contributed by atoms with Gasteiger partial charge in [-0.2, -0.15) is 0 Å². The number of carbonyl (C=O) groups excluding carboxylic acids is 3. The maximum absolute atomic E-state index is 13.9.